The van der Waals surface area contributed by atoms with Gasteiger partial charge in [0.05, 0.1) is 12.1 Å². The molecular formula is C34H54N4O5. The molecule has 9 heteroatoms. The first-order valence-electron chi connectivity index (χ1n) is 15.3. The summed E-state index contributed by atoms with van der Waals surface area (Å²) in [6.45, 7) is 19.9. The lowest BCUT2D eigenvalue weighted by atomic mass is 9.76. The standard InChI is InChI=1S/C34H54N4O5/c1-20(2)26(19-23(5)30(40)38-15-13-14-25(38)32(42)43)37(12)31(41)28(33(6,7)8)36-29(39)27(35-11)34(9,10)24-17-21(3)16-22(4)18-24/h16-20,25-28,35H,13-15H2,1-12H3,(H,36,39)(H,42,43)/b23-19+/t25-,26+,27+,28+/m0/s1. The van der Waals surface area contributed by atoms with Crippen LogP contribution in [0.15, 0.2) is 29.8 Å². The monoisotopic (exact) mass is 598 g/mol. The minimum atomic E-state index is -1.00. The van der Waals surface area contributed by atoms with E-state index in [4.69, 9.17) is 0 Å². The fourth-order valence-electron chi connectivity index (χ4n) is 6.13. The van der Waals surface area contributed by atoms with E-state index in [1.165, 1.54) is 4.90 Å². The summed E-state index contributed by atoms with van der Waals surface area (Å²) in [5, 5.41) is 15.8. The van der Waals surface area contributed by atoms with Crippen molar-refractivity contribution in [3.63, 3.8) is 0 Å². The van der Waals surface area contributed by atoms with Gasteiger partial charge in [0.1, 0.15) is 12.1 Å². The highest BCUT2D eigenvalue weighted by molar-refractivity contribution is 5.96. The van der Waals surface area contributed by atoms with Crippen LogP contribution in [0.2, 0.25) is 0 Å². The Labute approximate surface area is 258 Å². The first kappa shape index (κ1) is 36.0. The molecule has 1 heterocycles. The maximum Gasteiger partial charge on any atom is 0.326 e. The van der Waals surface area contributed by atoms with Gasteiger partial charge in [0.15, 0.2) is 0 Å². The Morgan fingerprint density at radius 1 is 1.02 bits per heavy atom. The Hall–Kier alpha value is -3.20. The van der Waals surface area contributed by atoms with E-state index in [1.807, 2.05) is 62.3 Å². The van der Waals surface area contributed by atoms with Crippen LogP contribution in [0, 0.1) is 25.2 Å². The zero-order valence-electron chi connectivity index (χ0n) is 28.3. The highest BCUT2D eigenvalue weighted by Gasteiger charge is 2.42. The molecule has 0 aromatic heterocycles. The van der Waals surface area contributed by atoms with Crippen molar-refractivity contribution in [2.45, 2.75) is 112 Å². The van der Waals surface area contributed by atoms with Crippen molar-refractivity contribution < 1.29 is 24.3 Å². The minimum Gasteiger partial charge on any atom is -0.480 e. The molecule has 0 spiro atoms. The molecule has 0 aliphatic carbocycles. The summed E-state index contributed by atoms with van der Waals surface area (Å²) in [6.07, 6.45) is 2.83. The van der Waals surface area contributed by atoms with Gasteiger partial charge in [-0.05, 0) is 57.6 Å². The quantitative estimate of drug-likeness (QED) is 0.329. The second-order valence-electron chi connectivity index (χ2n) is 14.2. The molecule has 3 amide bonds. The predicted molar refractivity (Wildman–Crippen MR) is 171 cm³/mol. The molecule has 1 aliphatic rings. The molecule has 3 N–H and O–H groups in total. The number of carbonyl (C=O) groups is 4. The lowest BCUT2D eigenvalue weighted by Crippen LogP contribution is -2.61. The van der Waals surface area contributed by atoms with Crippen molar-refractivity contribution >= 4 is 23.7 Å². The molecule has 4 atom stereocenters. The Kier molecular flexibility index (Phi) is 11.8. The number of amides is 3. The number of rotatable bonds is 11. The minimum absolute atomic E-state index is 0.0459. The summed E-state index contributed by atoms with van der Waals surface area (Å²) < 4.78 is 0. The van der Waals surface area contributed by atoms with Gasteiger partial charge in [-0.3, -0.25) is 14.4 Å². The summed E-state index contributed by atoms with van der Waals surface area (Å²) in [4.78, 5) is 55.9. The molecule has 0 radical (unpaired) electrons. The third kappa shape index (κ3) is 8.46. The number of carbonyl (C=O) groups excluding carboxylic acids is 3. The highest BCUT2D eigenvalue weighted by Crippen LogP contribution is 2.31. The van der Waals surface area contributed by atoms with Crippen LogP contribution in [0.4, 0.5) is 0 Å². The molecule has 9 nitrogen and oxygen atoms in total. The van der Waals surface area contributed by atoms with Crippen LogP contribution in [0.25, 0.3) is 0 Å². The number of likely N-dealkylation sites (N-methyl/N-ethyl adjacent to an activating group) is 2. The summed E-state index contributed by atoms with van der Waals surface area (Å²) in [7, 11) is 3.44. The van der Waals surface area contributed by atoms with Crippen molar-refractivity contribution in [3.8, 4) is 0 Å². The maximum atomic E-state index is 14.1. The van der Waals surface area contributed by atoms with Crippen LogP contribution in [0.3, 0.4) is 0 Å². The van der Waals surface area contributed by atoms with Crippen LogP contribution in [0.1, 0.15) is 84.9 Å². The first-order chi connectivity index (χ1) is 19.7. The number of likely N-dealkylation sites (tertiary alicyclic amines) is 1. The van der Waals surface area contributed by atoms with Crippen molar-refractivity contribution in [3.05, 3.63) is 46.5 Å². The number of nitrogens with zero attached hydrogens (tertiary/aromatic N) is 2. The van der Waals surface area contributed by atoms with E-state index in [-0.39, 0.29) is 23.6 Å². The van der Waals surface area contributed by atoms with Crippen molar-refractivity contribution in [2.75, 3.05) is 20.6 Å². The Morgan fingerprint density at radius 3 is 2.05 bits per heavy atom. The number of carboxylic acid groups (broad SMARTS) is 1. The van der Waals surface area contributed by atoms with Gasteiger partial charge in [-0.15, -0.1) is 0 Å². The molecule has 0 bridgehead atoms. The van der Waals surface area contributed by atoms with Gasteiger partial charge in [-0.25, -0.2) is 4.79 Å². The number of hydrogen-bond acceptors (Lipinski definition) is 5. The van der Waals surface area contributed by atoms with Crippen LogP contribution < -0.4 is 10.6 Å². The molecule has 1 aliphatic heterocycles. The second kappa shape index (κ2) is 14.1. The van der Waals surface area contributed by atoms with Gasteiger partial charge in [-0.1, -0.05) is 83.9 Å². The molecule has 1 aromatic carbocycles. The number of nitrogens with one attached hydrogen (secondary N) is 2. The maximum absolute atomic E-state index is 14.1. The molecule has 0 unspecified atom stereocenters. The lowest BCUT2D eigenvalue weighted by Gasteiger charge is -2.40. The van der Waals surface area contributed by atoms with E-state index in [9.17, 15) is 24.3 Å². The number of benzene rings is 1. The van der Waals surface area contributed by atoms with Crippen molar-refractivity contribution in [2.24, 2.45) is 11.3 Å². The number of carboxylic acids is 1. The average molecular weight is 599 g/mol. The Balaban J connectivity index is 2.37. The van der Waals surface area contributed by atoms with Crippen LogP contribution in [-0.2, 0) is 24.6 Å². The Bertz CT molecular complexity index is 1210. The fraction of sp³-hybridized carbons (Fsp3) is 0.647. The first-order valence-corrected chi connectivity index (χ1v) is 15.3. The largest absolute Gasteiger partial charge is 0.480 e. The van der Waals surface area contributed by atoms with Gasteiger partial charge >= 0.3 is 5.97 Å². The van der Waals surface area contributed by atoms with Gasteiger partial charge in [0.25, 0.3) is 0 Å². The zero-order chi connectivity index (χ0) is 33.0. The molecule has 1 saturated heterocycles. The van der Waals surface area contributed by atoms with Crippen LogP contribution >= 0.6 is 0 Å². The number of hydrogen-bond donors (Lipinski definition) is 3. The summed E-state index contributed by atoms with van der Waals surface area (Å²) >= 11 is 0. The fourth-order valence-corrected chi connectivity index (χ4v) is 6.13. The summed E-state index contributed by atoms with van der Waals surface area (Å²) in [5.74, 6) is -1.92. The summed E-state index contributed by atoms with van der Waals surface area (Å²) in [5.41, 5.74) is 2.48. The molecule has 2 rings (SSSR count). The van der Waals surface area contributed by atoms with E-state index in [0.717, 1.165) is 16.7 Å². The van der Waals surface area contributed by atoms with Crippen molar-refractivity contribution in [1.29, 1.82) is 0 Å². The van der Waals surface area contributed by atoms with Crippen LogP contribution in [-0.4, -0.2) is 83.4 Å². The number of aliphatic carboxylic acids is 1. The lowest BCUT2D eigenvalue weighted by molar-refractivity contribution is -0.146. The number of aryl methyl sites for hydroxylation is 2. The topological polar surface area (TPSA) is 119 Å². The van der Waals surface area contributed by atoms with E-state index < -0.39 is 41.0 Å². The highest BCUT2D eigenvalue weighted by atomic mass is 16.4. The SMILES string of the molecule is CN[C@H](C(=O)N[C@H](C(=O)N(C)[C@H](/C=C(\C)C(=O)N1CCC[C@H]1C(=O)O)C(C)C)C(C)(C)C)C(C)(C)c1cc(C)cc(C)c1. The molecule has 240 valence electrons. The van der Waals surface area contributed by atoms with E-state index in [0.29, 0.717) is 25.0 Å². The molecule has 0 saturated carbocycles. The molecule has 1 fully saturated rings. The third-order valence-corrected chi connectivity index (χ3v) is 8.67. The zero-order valence-corrected chi connectivity index (χ0v) is 28.3. The smallest absolute Gasteiger partial charge is 0.326 e. The predicted octanol–water partition coefficient (Wildman–Crippen LogP) is 4.20. The van der Waals surface area contributed by atoms with Gasteiger partial charge in [0.2, 0.25) is 17.7 Å². The third-order valence-electron chi connectivity index (χ3n) is 8.67. The van der Waals surface area contributed by atoms with E-state index in [2.05, 4.69) is 28.8 Å². The van der Waals surface area contributed by atoms with Gasteiger partial charge in [0, 0.05) is 24.6 Å². The molecular weight excluding hydrogens is 544 g/mol. The molecule has 1 aromatic rings. The van der Waals surface area contributed by atoms with E-state index >= 15 is 0 Å². The van der Waals surface area contributed by atoms with Gasteiger partial charge in [-0.2, -0.15) is 0 Å². The second-order valence-corrected chi connectivity index (χ2v) is 14.2. The van der Waals surface area contributed by atoms with Crippen molar-refractivity contribution in [1.82, 2.24) is 20.4 Å². The Morgan fingerprint density at radius 2 is 1.58 bits per heavy atom. The molecule has 43 heavy (non-hydrogen) atoms. The van der Waals surface area contributed by atoms with Crippen LogP contribution in [0.5, 0.6) is 0 Å². The van der Waals surface area contributed by atoms with E-state index in [1.54, 1.807) is 32.0 Å². The average Bonchev–Trinajstić information content (AvgIpc) is 3.38. The summed E-state index contributed by atoms with van der Waals surface area (Å²) in [6, 6.07) is 3.56. The van der Waals surface area contributed by atoms with Gasteiger partial charge < -0.3 is 25.5 Å². The normalized spacial score (nSPS) is 18.3.